The van der Waals surface area contributed by atoms with Gasteiger partial charge in [-0.3, -0.25) is 4.79 Å². The van der Waals surface area contributed by atoms with Crippen LogP contribution in [0.2, 0.25) is 0 Å². The van der Waals surface area contributed by atoms with Crippen LogP contribution < -0.4 is 5.32 Å². The van der Waals surface area contributed by atoms with E-state index in [4.69, 9.17) is 0 Å². The third-order valence-corrected chi connectivity index (χ3v) is 9.53. The van der Waals surface area contributed by atoms with E-state index in [9.17, 15) is 30.3 Å². The van der Waals surface area contributed by atoms with Crippen molar-refractivity contribution >= 4 is 5.91 Å². The molecule has 45 heavy (non-hydrogen) atoms. The molecular weight excluding hydrogens is 566 g/mol. The third-order valence-electron chi connectivity index (χ3n) is 9.53. The fourth-order valence-electron chi connectivity index (χ4n) is 6.57. The van der Waals surface area contributed by atoms with Gasteiger partial charge in [0.15, 0.2) is 0 Å². The summed E-state index contributed by atoms with van der Waals surface area (Å²) in [6.45, 7) is 4.08. The molecule has 0 saturated heterocycles. The highest BCUT2D eigenvalue weighted by Crippen LogP contribution is 2.37. The van der Waals surface area contributed by atoms with Gasteiger partial charge >= 0.3 is 0 Å². The zero-order valence-corrected chi connectivity index (χ0v) is 29.0. The summed E-state index contributed by atoms with van der Waals surface area (Å²) in [7, 11) is 0. The van der Waals surface area contributed by atoms with E-state index in [0.29, 0.717) is 12.8 Å². The van der Waals surface area contributed by atoms with E-state index in [2.05, 4.69) is 19.2 Å². The molecule has 0 spiro atoms. The van der Waals surface area contributed by atoms with Gasteiger partial charge in [-0.2, -0.15) is 0 Å². The van der Waals surface area contributed by atoms with Gasteiger partial charge in [0.05, 0.1) is 37.1 Å². The molecular formula is C38H71NO6. The normalized spacial score (nSPS) is 22.4. The SMILES string of the molecule is CCCCCCCCCCCCC/C=C/[C@@H](O)[C@H](CO)NC(=O)CCCCCC[C@@H]1[C@@H](/C=C/[C@@H](O)CCCCC)[C@H](O)C[C@@H]1O. The second kappa shape index (κ2) is 27.8. The van der Waals surface area contributed by atoms with E-state index >= 15 is 0 Å². The monoisotopic (exact) mass is 638 g/mol. The topological polar surface area (TPSA) is 130 Å². The van der Waals surface area contributed by atoms with Crippen LogP contribution in [-0.2, 0) is 4.79 Å². The first-order valence-corrected chi connectivity index (χ1v) is 18.8. The van der Waals surface area contributed by atoms with Gasteiger partial charge in [0.1, 0.15) is 0 Å². The number of allylic oxidation sites excluding steroid dienone is 1. The van der Waals surface area contributed by atoms with Gasteiger partial charge in [-0.25, -0.2) is 0 Å². The minimum atomic E-state index is -0.903. The number of nitrogens with one attached hydrogen (secondary N) is 1. The summed E-state index contributed by atoms with van der Waals surface area (Å²) < 4.78 is 0. The lowest BCUT2D eigenvalue weighted by molar-refractivity contribution is -0.123. The summed E-state index contributed by atoms with van der Waals surface area (Å²) in [4.78, 5) is 12.4. The largest absolute Gasteiger partial charge is 0.394 e. The first kappa shape index (κ1) is 41.8. The van der Waals surface area contributed by atoms with Gasteiger partial charge in [-0.05, 0) is 38.0 Å². The number of carbonyl (C=O) groups excluding carboxylic acids is 1. The fraction of sp³-hybridized carbons (Fsp3) is 0.868. The molecule has 0 aromatic rings. The van der Waals surface area contributed by atoms with Crippen LogP contribution in [0.3, 0.4) is 0 Å². The Labute approximate surface area is 276 Å². The summed E-state index contributed by atoms with van der Waals surface area (Å²) in [6, 6.07) is -0.698. The van der Waals surface area contributed by atoms with E-state index < -0.39 is 30.5 Å². The Morgan fingerprint density at radius 3 is 1.98 bits per heavy atom. The molecule has 7 heteroatoms. The molecule has 0 aromatic heterocycles. The lowest BCUT2D eigenvalue weighted by atomic mass is 9.88. The summed E-state index contributed by atoms with van der Waals surface area (Å²) in [5.74, 6) is -0.316. The summed E-state index contributed by atoms with van der Waals surface area (Å²) in [5.41, 5.74) is 0. The maximum absolute atomic E-state index is 12.4. The van der Waals surface area contributed by atoms with Gasteiger partial charge in [0, 0.05) is 18.8 Å². The predicted molar refractivity (Wildman–Crippen MR) is 186 cm³/mol. The highest BCUT2D eigenvalue weighted by molar-refractivity contribution is 5.76. The van der Waals surface area contributed by atoms with Crippen molar-refractivity contribution in [2.45, 2.75) is 192 Å². The number of rotatable bonds is 29. The van der Waals surface area contributed by atoms with E-state index in [1.165, 1.54) is 64.2 Å². The molecule has 0 aliphatic heterocycles. The summed E-state index contributed by atoms with van der Waals surface area (Å²) >= 11 is 0. The van der Waals surface area contributed by atoms with Crippen molar-refractivity contribution in [3.8, 4) is 0 Å². The second-order valence-electron chi connectivity index (χ2n) is 13.6. The number of hydrogen-bond acceptors (Lipinski definition) is 6. The molecule has 1 amide bonds. The molecule has 1 fully saturated rings. The molecule has 1 aliphatic carbocycles. The Kier molecular flexibility index (Phi) is 25.8. The van der Waals surface area contributed by atoms with Crippen LogP contribution in [0.1, 0.15) is 162 Å². The molecule has 7 nitrogen and oxygen atoms in total. The molecule has 1 rings (SSSR count). The van der Waals surface area contributed by atoms with Crippen molar-refractivity contribution in [1.82, 2.24) is 5.32 Å². The van der Waals surface area contributed by atoms with Gasteiger partial charge < -0.3 is 30.8 Å². The molecule has 1 aliphatic rings. The fourth-order valence-corrected chi connectivity index (χ4v) is 6.57. The van der Waals surface area contributed by atoms with Crippen molar-refractivity contribution in [3.63, 3.8) is 0 Å². The van der Waals surface area contributed by atoms with Crippen molar-refractivity contribution in [3.05, 3.63) is 24.3 Å². The van der Waals surface area contributed by atoms with Crippen molar-refractivity contribution < 1.29 is 30.3 Å². The maximum atomic E-state index is 12.4. The third kappa shape index (κ3) is 20.6. The molecule has 7 atom stereocenters. The van der Waals surface area contributed by atoms with Gasteiger partial charge in [-0.1, -0.05) is 141 Å². The first-order chi connectivity index (χ1) is 21.8. The van der Waals surface area contributed by atoms with Crippen LogP contribution in [0.4, 0.5) is 0 Å². The lowest BCUT2D eigenvalue weighted by Gasteiger charge is -2.21. The first-order valence-electron chi connectivity index (χ1n) is 18.8. The Hall–Kier alpha value is -1.25. The van der Waals surface area contributed by atoms with Crippen LogP contribution in [0.5, 0.6) is 0 Å². The van der Waals surface area contributed by atoms with Gasteiger partial charge in [0.25, 0.3) is 0 Å². The zero-order chi connectivity index (χ0) is 33.1. The number of unbranched alkanes of at least 4 members (excludes halogenated alkanes) is 16. The number of aliphatic hydroxyl groups is 5. The number of carbonyl (C=O) groups is 1. The average Bonchev–Trinajstić information content (AvgIpc) is 3.29. The molecule has 0 aromatic carbocycles. The standard InChI is InChI=1S/C38H71NO6/c1-3-5-7-8-9-10-11-12-13-14-15-16-21-25-35(42)34(30-40)39-38(45)26-22-18-17-20-24-32-33(37(44)29-36(32)43)28-27-31(41)23-19-6-4-2/h21,25,27-28,31-37,40-44H,3-20,22-24,26,29-30H2,1-2H3,(H,39,45)/b25-21+,28-27+/t31-,32+,33+,34-,35+,36-,37+/m0/s1. The molecule has 0 unspecified atom stereocenters. The second-order valence-corrected chi connectivity index (χ2v) is 13.6. The van der Waals surface area contributed by atoms with Crippen molar-refractivity contribution in [1.29, 1.82) is 0 Å². The van der Waals surface area contributed by atoms with Crippen molar-refractivity contribution in [2.75, 3.05) is 6.61 Å². The minimum Gasteiger partial charge on any atom is -0.394 e. The van der Waals surface area contributed by atoms with E-state index in [-0.39, 0.29) is 24.3 Å². The van der Waals surface area contributed by atoms with Gasteiger partial charge in [-0.15, -0.1) is 0 Å². The zero-order valence-electron chi connectivity index (χ0n) is 29.0. The lowest BCUT2D eigenvalue weighted by Crippen LogP contribution is -2.45. The van der Waals surface area contributed by atoms with E-state index in [0.717, 1.165) is 70.6 Å². The summed E-state index contributed by atoms with van der Waals surface area (Å²) in [6.07, 6.45) is 28.9. The Bertz CT molecular complexity index is 759. The molecule has 264 valence electrons. The molecule has 1 saturated carbocycles. The highest BCUT2D eigenvalue weighted by Gasteiger charge is 2.39. The maximum Gasteiger partial charge on any atom is 0.220 e. The number of hydrogen-bond donors (Lipinski definition) is 6. The van der Waals surface area contributed by atoms with E-state index in [1.807, 2.05) is 12.2 Å². The summed E-state index contributed by atoms with van der Waals surface area (Å²) in [5, 5.41) is 54.1. The highest BCUT2D eigenvalue weighted by atomic mass is 16.3. The average molecular weight is 638 g/mol. The Balaban J connectivity index is 2.18. The number of amides is 1. The quantitative estimate of drug-likeness (QED) is 0.0378. The van der Waals surface area contributed by atoms with Crippen LogP contribution >= 0.6 is 0 Å². The van der Waals surface area contributed by atoms with Crippen LogP contribution in [-0.4, -0.2) is 68.5 Å². The van der Waals surface area contributed by atoms with Crippen molar-refractivity contribution in [2.24, 2.45) is 11.8 Å². The molecule has 0 bridgehead atoms. The molecule has 0 heterocycles. The van der Waals surface area contributed by atoms with E-state index in [1.54, 1.807) is 12.2 Å². The van der Waals surface area contributed by atoms with Gasteiger partial charge in [0.2, 0.25) is 5.91 Å². The smallest absolute Gasteiger partial charge is 0.220 e. The molecule has 6 N–H and O–H groups in total. The predicted octanol–water partition coefficient (Wildman–Crippen LogP) is 7.28. The van der Waals surface area contributed by atoms with Crippen LogP contribution in [0.25, 0.3) is 0 Å². The minimum absolute atomic E-state index is 0.0165. The molecule has 0 radical (unpaired) electrons. The Morgan fingerprint density at radius 1 is 0.756 bits per heavy atom. The Morgan fingerprint density at radius 2 is 1.33 bits per heavy atom. The number of aliphatic hydroxyl groups excluding tert-OH is 5. The van der Waals surface area contributed by atoms with Crippen LogP contribution in [0, 0.1) is 11.8 Å². The van der Waals surface area contributed by atoms with Crippen LogP contribution in [0.15, 0.2) is 24.3 Å².